The van der Waals surface area contributed by atoms with E-state index in [-0.39, 0.29) is 24.0 Å². The summed E-state index contributed by atoms with van der Waals surface area (Å²) in [5.41, 5.74) is 2.57. The van der Waals surface area contributed by atoms with Gasteiger partial charge in [-0.25, -0.2) is 4.98 Å². The first-order valence-electron chi connectivity index (χ1n) is 10.9. The fraction of sp³-hybridized carbons (Fsp3) is 0.565. The van der Waals surface area contributed by atoms with E-state index >= 15 is 0 Å². The minimum atomic E-state index is 0. The van der Waals surface area contributed by atoms with Gasteiger partial charge in [0.05, 0.1) is 10.7 Å². The van der Waals surface area contributed by atoms with E-state index in [1.807, 2.05) is 7.05 Å². The molecule has 31 heavy (non-hydrogen) atoms. The fourth-order valence-electron chi connectivity index (χ4n) is 3.86. The second kappa shape index (κ2) is 13.3. The Labute approximate surface area is 208 Å². The SMILES string of the molecule is CN=C(NCCCN1CCN(C)CC1c1ccccc1)NCCc1nc(C)c(C)s1.I. The van der Waals surface area contributed by atoms with Crippen molar-refractivity contribution in [2.75, 3.05) is 53.4 Å². The quantitative estimate of drug-likeness (QED) is 0.226. The van der Waals surface area contributed by atoms with Crippen LogP contribution in [0.1, 0.15) is 33.6 Å². The van der Waals surface area contributed by atoms with E-state index in [2.05, 4.69) is 81.6 Å². The van der Waals surface area contributed by atoms with Crippen LogP contribution in [-0.4, -0.2) is 74.1 Å². The molecule has 2 heterocycles. The van der Waals surface area contributed by atoms with Crippen molar-refractivity contribution in [1.29, 1.82) is 0 Å². The van der Waals surface area contributed by atoms with Crippen LogP contribution in [0.15, 0.2) is 35.3 Å². The first kappa shape index (κ1) is 26.0. The molecule has 0 spiro atoms. The van der Waals surface area contributed by atoms with Crippen LogP contribution in [0.5, 0.6) is 0 Å². The van der Waals surface area contributed by atoms with Crippen LogP contribution < -0.4 is 10.6 Å². The molecule has 6 nitrogen and oxygen atoms in total. The van der Waals surface area contributed by atoms with Gasteiger partial charge < -0.3 is 15.5 Å². The van der Waals surface area contributed by atoms with E-state index in [0.29, 0.717) is 6.04 Å². The average molecular weight is 557 g/mol. The lowest BCUT2D eigenvalue weighted by atomic mass is 10.0. The van der Waals surface area contributed by atoms with E-state index in [0.717, 1.165) is 63.8 Å². The Kier molecular flexibility index (Phi) is 11.2. The highest BCUT2D eigenvalue weighted by molar-refractivity contribution is 14.0. The van der Waals surface area contributed by atoms with E-state index in [1.165, 1.54) is 15.4 Å². The fourth-order valence-corrected chi connectivity index (χ4v) is 4.79. The highest BCUT2D eigenvalue weighted by Crippen LogP contribution is 2.24. The Morgan fingerprint density at radius 2 is 1.90 bits per heavy atom. The lowest BCUT2D eigenvalue weighted by molar-refractivity contribution is 0.0891. The molecule has 2 N–H and O–H groups in total. The Morgan fingerprint density at radius 3 is 2.58 bits per heavy atom. The van der Waals surface area contributed by atoms with Crippen molar-refractivity contribution in [2.24, 2.45) is 4.99 Å². The van der Waals surface area contributed by atoms with Crippen LogP contribution in [-0.2, 0) is 6.42 Å². The summed E-state index contributed by atoms with van der Waals surface area (Å²) in [5, 5.41) is 8.06. The molecule has 0 saturated carbocycles. The molecule has 172 valence electrons. The third-order valence-electron chi connectivity index (χ3n) is 5.72. The zero-order valence-corrected chi connectivity index (χ0v) is 22.4. The third-order valence-corrected chi connectivity index (χ3v) is 6.85. The number of aliphatic imine (C=N–C) groups is 1. The number of rotatable bonds is 8. The van der Waals surface area contributed by atoms with Gasteiger partial charge in [-0.1, -0.05) is 30.3 Å². The standard InChI is InChI=1S/C23H36N6S.HI/c1-18-19(2)30-22(27-18)11-13-26-23(24-3)25-12-8-14-29-16-15-28(4)17-21(29)20-9-6-5-7-10-20;/h5-7,9-10,21H,8,11-17H2,1-4H3,(H2,24,25,26);1H. The monoisotopic (exact) mass is 556 g/mol. The van der Waals surface area contributed by atoms with Crippen molar-refractivity contribution in [1.82, 2.24) is 25.4 Å². The number of aryl methyl sites for hydroxylation is 2. The summed E-state index contributed by atoms with van der Waals surface area (Å²) in [6.07, 6.45) is 2.03. The van der Waals surface area contributed by atoms with Crippen LogP contribution >= 0.6 is 35.3 Å². The molecule has 1 fully saturated rings. The zero-order chi connectivity index (χ0) is 21.3. The third kappa shape index (κ3) is 8.00. The molecule has 8 heteroatoms. The van der Waals surface area contributed by atoms with Gasteiger partial charge in [-0.3, -0.25) is 9.89 Å². The molecule has 1 aliphatic rings. The number of likely N-dealkylation sites (N-methyl/N-ethyl adjacent to an activating group) is 1. The minimum Gasteiger partial charge on any atom is -0.356 e. The summed E-state index contributed by atoms with van der Waals surface area (Å²) < 4.78 is 0. The molecular weight excluding hydrogens is 519 g/mol. The first-order valence-corrected chi connectivity index (χ1v) is 11.7. The summed E-state index contributed by atoms with van der Waals surface area (Å²) in [4.78, 5) is 15.3. The second-order valence-corrected chi connectivity index (χ2v) is 9.29. The highest BCUT2D eigenvalue weighted by atomic mass is 127. The predicted octanol–water partition coefficient (Wildman–Crippen LogP) is 3.46. The number of halogens is 1. The number of nitrogens with zero attached hydrogens (tertiary/aromatic N) is 4. The summed E-state index contributed by atoms with van der Waals surface area (Å²) in [6.45, 7) is 10.4. The molecule has 0 bridgehead atoms. The largest absolute Gasteiger partial charge is 0.356 e. The molecule has 2 aromatic rings. The average Bonchev–Trinajstić information content (AvgIpc) is 3.08. The molecule has 1 aromatic heterocycles. The van der Waals surface area contributed by atoms with E-state index in [1.54, 1.807) is 11.3 Å². The van der Waals surface area contributed by atoms with Crippen molar-refractivity contribution in [3.05, 3.63) is 51.5 Å². The van der Waals surface area contributed by atoms with Crippen molar-refractivity contribution in [2.45, 2.75) is 32.7 Å². The van der Waals surface area contributed by atoms with Gasteiger partial charge in [-0.2, -0.15) is 0 Å². The summed E-state index contributed by atoms with van der Waals surface area (Å²) in [6, 6.07) is 11.4. The highest BCUT2D eigenvalue weighted by Gasteiger charge is 2.25. The zero-order valence-electron chi connectivity index (χ0n) is 19.2. The van der Waals surface area contributed by atoms with Crippen LogP contribution in [0.3, 0.4) is 0 Å². The van der Waals surface area contributed by atoms with E-state index < -0.39 is 0 Å². The number of piperazine rings is 1. The van der Waals surface area contributed by atoms with E-state index in [9.17, 15) is 0 Å². The maximum absolute atomic E-state index is 4.61. The van der Waals surface area contributed by atoms with Crippen LogP contribution in [0.2, 0.25) is 0 Å². The number of guanidine groups is 1. The number of aromatic nitrogens is 1. The van der Waals surface area contributed by atoms with Gasteiger partial charge >= 0.3 is 0 Å². The number of thiazole rings is 1. The van der Waals surface area contributed by atoms with Crippen LogP contribution in [0.4, 0.5) is 0 Å². The second-order valence-electron chi connectivity index (χ2n) is 8.00. The Hall–Kier alpha value is -1.23. The molecule has 1 saturated heterocycles. The maximum Gasteiger partial charge on any atom is 0.190 e. The number of hydrogen-bond donors (Lipinski definition) is 2. The number of nitrogens with one attached hydrogen (secondary N) is 2. The predicted molar refractivity (Wildman–Crippen MR) is 143 cm³/mol. The lowest BCUT2D eigenvalue weighted by Gasteiger charge is -2.40. The molecule has 0 radical (unpaired) electrons. The molecule has 1 unspecified atom stereocenters. The molecule has 0 aliphatic carbocycles. The Balaban J connectivity index is 0.00000341. The number of benzene rings is 1. The molecule has 1 aliphatic heterocycles. The van der Waals surface area contributed by atoms with Gasteiger partial charge in [0.1, 0.15) is 0 Å². The van der Waals surface area contributed by atoms with Crippen molar-refractivity contribution < 1.29 is 0 Å². The first-order chi connectivity index (χ1) is 14.6. The molecule has 0 amide bonds. The normalized spacial score (nSPS) is 17.9. The summed E-state index contributed by atoms with van der Waals surface area (Å²) in [7, 11) is 4.05. The van der Waals surface area contributed by atoms with Gasteiger partial charge in [0, 0.05) is 63.7 Å². The van der Waals surface area contributed by atoms with Crippen LogP contribution in [0, 0.1) is 13.8 Å². The van der Waals surface area contributed by atoms with Gasteiger partial charge in [0.15, 0.2) is 5.96 Å². The van der Waals surface area contributed by atoms with Gasteiger partial charge in [0.25, 0.3) is 0 Å². The molecular formula is C23H37IN6S. The number of hydrogen-bond acceptors (Lipinski definition) is 5. The topological polar surface area (TPSA) is 55.8 Å². The summed E-state index contributed by atoms with van der Waals surface area (Å²) >= 11 is 1.79. The van der Waals surface area contributed by atoms with Crippen molar-refractivity contribution in [3.63, 3.8) is 0 Å². The molecule has 3 rings (SSSR count). The van der Waals surface area contributed by atoms with Gasteiger partial charge in [0.2, 0.25) is 0 Å². The van der Waals surface area contributed by atoms with E-state index in [4.69, 9.17) is 0 Å². The Morgan fingerprint density at radius 1 is 1.16 bits per heavy atom. The van der Waals surface area contributed by atoms with Gasteiger partial charge in [-0.05, 0) is 32.9 Å². The van der Waals surface area contributed by atoms with Gasteiger partial charge in [-0.15, -0.1) is 35.3 Å². The van der Waals surface area contributed by atoms with Crippen LogP contribution in [0.25, 0.3) is 0 Å². The Bertz CT molecular complexity index is 790. The minimum absolute atomic E-state index is 0. The lowest BCUT2D eigenvalue weighted by Crippen LogP contribution is -2.47. The molecule has 1 atom stereocenters. The molecule has 1 aromatic carbocycles. The van der Waals surface area contributed by atoms with Crippen molar-refractivity contribution in [3.8, 4) is 0 Å². The maximum atomic E-state index is 4.61. The summed E-state index contributed by atoms with van der Waals surface area (Å²) in [5.74, 6) is 0.873. The smallest absolute Gasteiger partial charge is 0.190 e. The van der Waals surface area contributed by atoms with Crippen molar-refractivity contribution >= 4 is 41.3 Å².